The molecule has 0 radical (unpaired) electrons. The SMILES string of the molecule is CCn1cc(C(=O)c2cc(C(C)(C)C)c(O)c(C(C)(C)C)c2)cc1SC#N. The zero-order chi connectivity index (χ0) is 20.6. The van der Waals surface area contributed by atoms with E-state index in [1.165, 1.54) is 0 Å². The maximum Gasteiger partial charge on any atom is 0.194 e. The van der Waals surface area contributed by atoms with Gasteiger partial charge in [0.05, 0.1) is 5.03 Å². The second kappa shape index (κ2) is 7.44. The molecule has 0 fully saturated rings. The van der Waals surface area contributed by atoms with Gasteiger partial charge >= 0.3 is 0 Å². The highest BCUT2D eigenvalue weighted by atomic mass is 32.2. The van der Waals surface area contributed by atoms with Gasteiger partial charge in [-0.3, -0.25) is 4.79 Å². The lowest BCUT2D eigenvalue weighted by Crippen LogP contribution is -2.19. The molecule has 1 N–H and O–H groups in total. The fourth-order valence-corrected chi connectivity index (χ4v) is 3.65. The first-order chi connectivity index (χ1) is 12.4. The fourth-order valence-electron chi connectivity index (χ4n) is 3.07. The lowest BCUT2D eigenvalue weighted by atomic mass is 9.78. The number of carbonyl (C=O) groups excluding carboxylic acids is 1. The Morgan fingerprint density at radius 3 is 2.00 bits per heavy atom. The van der Waals surface area contributed by atoms with Crippen LogP contribution in [0.15, 0.2) is 29.4 Å². The van der Waals surface area contributed by atoms with E-state index in [4.69, 9.17) is 5.26 Å². The number of aromatic hydroxyl groups is 1. The molecular weight excluding hydrogens is 356 g/mol. The first-order valence-electron chi connectivity index (χ1n) is 9.09. The van der Waals surface area contributed by atoms with Crippen molar-refractivity contribution in [3.63, 3.8) is 0 Å². The Bertz CT molecular complexity index is 871. The van der Waals surface area contributed by atoms with E-state index >= 15 is 0 Å². The molecule has 5 heteroatoms. The molecule has 2 aromatic rings. The molecule has 0 aliphatic rings. The number of carbonyl (C=O) groups is 1. The second-order valence-electron chi connectivity index (χ2n) is 8.80. The molecule has 27 heavy (non-hydrogen) atoms. The van der Waals surface area contributed by atoms with E-state index in [2.05, 4.69) is 5.40 Å². The highest BCUT2D eigenvalue weighted by Gasteiger charge is 2.28. The number of thiocyanates is 1. The minimum atomic E-state index is -0.294. The minimum absolute atomic E-state index is 0.0991. The summed E-state index contributed by atoms with van der Waals surface area (Å²) >= 11 is 1.05. The van der Waals surface area contributed by atoms with Crippen LogP contribution in [0.5, 0.6) is 5.75 Å². The molecule has 0 unspecified atom stereocenters. The smallest absolute Gasteiger partial charge is 0.194 e. The average Bonchev–Trinajstić information content (AvgIpc) is 2.95. The summed E-state index contributed by atoms with van der Waals surface area (Å²) in [6, 6.07) is 5.36. The first kappa shape index (κ1) is 21.1. The Labute approximate surface area is 166 Å². The van der Waals surface area contributed by atoms with E-state index in [0.29, 0.717) is 17.7 Å². The van der Waals surface area contributed by atoms with E-state index < -0.39 is 0 Å². The van der Waals surface area contributed by atoms with E-state index in [-0.39, 0.29) is 22.4 Å². The fraction of sp³-hybridized carbons (Fsp3) is 0.455. The van der Waals surface area contributed by atoms with Gasteiger partial charge < -0.3 is 9.67 Å². The van der Waals surface area contributed by atoms with Gasteiger partial charge in [-0.1, -0.05) is 41.5 Å². The van der Waals surface area contributed by atoms with Crippen molar-refractivity contribution in [1.29, 1.82) is 5.26 Å². The Kier molecular flexibility index (Phi) is 5.82. The third kappa shape index (κ3) is 4.39. The Morgan fingerprint density at radius 2 is 1.59 bits per heavy atom. The quantitative estimate of drug-likeness (QED) is 0.422. The van der Waals surface area contributed by atoms with Crippen molar-refractivity contribution in [2.24, 2.45) is 0 Å². The maximum absolute atomic E-state index is 13.2. The number of ketones is 1. The summed E-state index contributed by atoms with van der Waals surface area (Å²) in [7, 11) is 0. The molecule has 0 saturated carbocycles. The summed E-state index contributed by atoms with van der Waals surface area (Å²) in [5.74, 6) is 0.163. The van der Waals surface area contributed by atoms with Crippen molar-refractivity contribution in [2.75, 3.05) is 0 Å². The van der Waals surface area contributed by atoms with Crippen molar-refractivity contribution in [3.8, 4) is 11.2 Å². The van der Waals surface area contributed by atoms with E-state index in [1.54, 1.807) is 24.4 Å². The van der Waals surface area contributed by atoms with Crippen LogP contribution in [0.25, 0.3) is 0 Å². The molecular formula is C22H28N2O2S. The van der Waals surface area contributed by atoms with Gasteiger partial charge in [0.2, 0.25) is 0 Å². The van der Waals surface area contributed by atoms with Gasteiger partial charge in [-0.25, -0.2) is 0 Å². The van der Waals surface area contributed by atoms with Crippen molar-refractivity contribution in [3.05, 3.63) is 46.6 Å². The lowest BCUT2D eigenvalue weighted by Gasteiger charge is -2.28. The predicted molar refractivity (Wildman–Crippen MR) is 111 cm³/mol. The number of phenols is 1. The zero-order valence-corrected chi connectivity index (χ0v) is 18.0. The summed E-state index contributed by atoms with van der Waals surface area (Å²) in [5, 5.41) is 22.6. The van der Waals surface area contributed by atoms with Crippen molar-refractivity contribution < 1.29 is 9.90 Å². The number of benzene rings is 1. The Balaban J connectivity index is 2.65. The van der Waals surface area contributed by atoms with Gasteiger partial charge in [-0.05, 0) is 36.0 Å². The van der Waals surface area contributed by atoms with Crippen LogP contribution in [0.1, 0.15) is 75.5 Å². The van der Waals surface area contributed by atoms with E-state index in [9.17, 15) is 9.90 Å². The predicted octanol–water partition coefficient (Wildman–Crippen LogP) is 5.61. The van der Waals surface area contributed by atoms with Crippen LogP contribution >= 0.6 is 11.8 Å². The molecule has 0 aliphatic carbocycles. The topological polar surface area (TPSA) is 66.0 Å². The number of hydrogen-bond acceptors (Lipinski definition) is 4. The Morgan fingerprint density at radius 1 is 1.07 bits per heavy atom. The maximum atomic E-state index is 13.2. The van der Waals surface area contributed by atoms with Gasteiger partial charge in [0, 0.05) is 46.8 Å². The third-order valence-corrected chi connectivity index (χ3v) is 5.25. The summed E-state index contributed by atoms with van der Waals surface area (Å²) < 4.78 is 1.90. The number of thioether (sulfide) groups is 1. The average molecular weight is 385 g/mol. The lowest BCUT2D eigenvalue weighted by molar-refractivity contribution is 0.103. The Hall–Kier alpha value is -2.19. The molecule has 2 rings (SSSR count). The molecule has 0 bridgehead atoms. The number of aromatic nitrogens is 1. The molecule has 1 aromatic carbocycles. The van der Waals surface area contributed by atoms with Crippen LogP contribution in [-0.4, -0.2) is 15.5 Å². The van der Waals surface area contributed by atoms with Crippen LogP contribution in [0, 0.1) is 10.7 Å². The normalized spacial score (nSPS) is 12.1. The molecule has 0 aliphatic heterocycles. The third-order valence-electron chi connectivity index (χ3n) is 4.60. The van der Waals surface area contributed by atoms with Gasteiger partial charge in [0.15, 0.2) is 5.78 Å². The summed E-state index contributed by atoms with van der Waals surface area (Å²) in [6.07, 6.45) is 1.79. The van der Waals surface area contributed by atoms with Gasteiger partial charge in [0.1, 0.15) is 11.2 Å². The van der Waals surface area contributed by atoms with Crippen molar-refractivity contribution in [1.82, 2.24) is 4.57 Å². The van der Waals surface area contributed by atoms with E-state index in [1.807, 2.05) is 53.0 Å². The summed E-state index contributed by atoms with van der Waals surface area (Å²) in [6.45, 7) is 14.8. The molecule has 0 spiro atoms. The summed E-state index contributed by atoms with van der Waals surface area (Å²) in [5.41, 5.74) is 2.05. The van der Waals surface area contributed by atoms with Gasteiger partial charge in [0.25, 0.3) is 0 Å². The van der Waals surface area contributed by atoms with Gasteiger partial charge in [-0.15, -0.1) is 0 Å². The number of aryl methyl sites for hydroxylation is 1. The number of phenolic OH excluding ortho intramolecular Hbond substituents is 1. The largest absolute Gasteiger partial charge is 0.507 e. The van der Waals surface area contributed by atoms with Crippen molar-refractivity contribution in [2.45, 2.75) is 70.9 Å². The van der Waals surface area contributed by atoms with Gasteiger partial charge in [-0.2, -0.15) is 5.26 Å². The van der Waals surface area contributed by atoms with Crippen molar-refractivity contribution >= 4 is 17.5 Å². The van der Waals surface area contributed by atoms with Crippen LogP contribution in [0.4, 0.5) is 0 Å². The molecule has 0 saturated heterocycles. The van der Waals surface area contributed by atoms with Crippen LogP contribution < -0.4 is 0 Å². The second-order valence-corrected chi connectivity index (χ2v) is 9.60. The highest BCUT2D eigenvalue weighted by molar-refractivity contribution is 8.03. The molecule has 1 aromatic heterocycles. The van der Waals surface area contributed by atoms with Crippen LogP contribution in [-0.2, 0) is 17.4 Å². The number of nitriles is 1. The van der Waals surface area contributed by atoms with Crippen LogP contribution in [0.2, 0.25) is 0 Å². The molecule has 0 amide bonds. The molecule has 0 atom stereocenters. The molecule has 4 nitrogen and oxygen atoms in total. The number of nitrogens with zero attached hydrogens (tertiary/aromatic N) is 2. The molecule has 1 heterocycles. The highest BCUT2D eigenvalue weighted by Crippen LogP contribution is 2.40. The first-order valence-corrected chi connectivity index (χ1v) is 9.90. The molecule has 144 valence electrons. The zero-order valence-electron chi connectivity index (χ0n) is 17.2. The van der Waals surface area contributed by atoms with E-state index in [0.717, 1.165) is 27.9 Å². The monoisotopic (exact) mass is 384 g/mol. The minimum Gasteiger partial charge on any atom is -0.507 e. The summed E-state index contributed by atoms with van der Waals surface area (Å²) in [4.78, 5) is 13.2. The number of hydrogen-bond donors (Lipinski definition) is 1. The van der Waals surface area contributed by atoms with Crippen LogP contribution in [0.3, 0.4) is 0 Å². The standard InChI is InChI=1S/C22H28N2O2S/c1-8-24-12-15(11-18(24)27-13-23)19(25)14-9-16(21(2,3)4)20(26)17(10-14)22(5,6)7/h9-12,26H,8H2,1-7H3. The number of rotatable bonds is 4.